The van der Waals surface area contributed by atoms with E-state index in [1.54, 1.807) is 13.0 Å². The molecule has 0 radical (unpaired) electrons. The maximum absolute atomic E-state index is 11.4. The SMILES string of the molecule is CCOC(=O)Cc1cc(C=O)cc(Br)c1C#N. The van der Waals surface area contributed by atoms with Crippen LogP contribution in [0, 0.1) is 11.3 Å². The molecule has 1 aromatic carbocycles. The number of carbonyl (C=O) groups is 2. The molecular weight excluding hydrogens is 286 g/mol. The van der Waals surface area contributed by atoms with Crippen LogP contribution in [0.3, 0.4) is 0 Å². The van der Waals surface area contributed by atoms with Crippen molar-refractivity contribution in [1.82, 2.24) is 0 Å². The van der Waals surface area contributed by atoms with E-state index < -0.39 is 5.97 Å². The fourth-order valence-corrected chi connectivity index (χ4v) is 1.99. The summed E-state index contributed by atoms with van der Waals surface area (Å²) in [6.45, 7) is 2.00. The predicted octanol–water partition coefficient (Wildman–Crippen LogP) is 2.24. The van der Waals surface area contributed by atoms with Gasteiger partial charge < -0.3 is 4.74 Å². The first-order valence-electron chi connectivity index (χ1n) is 4.95. The number of halogens is 1. The Kier molecular flexibility index (Phi) is 4.85. The fourth-order valence-electron chi connectivity index (χ4n) is 1.39. The number of carbonyl (C=O) groups excluding carboxylic acids is 2. The van der Waals surface area contributed by atoms with Crippen molar-refractivity contribution in [3.63, 3.8) is 0 Å². The van der Waals surface area contributed by atoms with Gasteiger partial charge in [0.05, 0.1) is 18.6 Å². The third-order valence-electron chi connectivity index (χ3n) is 2.08. The molecule has 0 aromatic heterocycles. The zero-order valence-corrected chi connectivity index (χ0v) is 10.8. The second-order valence-electron chi connectivity index (χ2n) is 3.25. The molecule has 5 heteroatoms. The highest BCUT2D eigenvalue weighted by molar-refractivity contribution is 9.10. The Hall–Kier alpha value is -1.67. The highest BCUT2D eigenvalue weighted by Gasteiger charge is 2.13. The zero-order chi connectivity index (χ0) is 12.8. The summed E-state index contributed by atoms with van der Waals surface area (Å²) in [4.78, 5) is 22.1. The average Bonchev–Trinajstić information content (AvgIpc) is 2.28. The molecule has 0 atom stereocenters. The average molecular weight is 296 g/mol. The third kappa shape index (κ3) is 3.40. The first kappa shape index (κ1) is 13.4. The number of nitriles is 1. The second kappa shape index (κ2) is 6.16. The molecule has 17 heavy (non-hydrogen) atoms. The Labute approximate surface area is 107 Å². The van der Waals surface area contributed by atoms with Crippen LogP contribution in [0.25, 0.3) is 0 Å². The molecule has 0 aliphatic rings. The minimum Gasteiger partial charge on any atom is -0.466 e. The first-order chi connectivity index (χ1) is 8.12. The number of nitrogens with zero attached hydrogens (tertiary/aromatic N) is 1. The van der Waals surface area contributed by atoms with E-state index in [1.807, 2.05) is 6.07 Å². The fraction of sp³-hybridized carbons (Fsp3) is 0.250. The minimum absolute atomic E-state index is 0.0169. The van der Waals surface area contributed by atoms with Gasteiger partial charge in [0.25, 0.3) is 0 Å². The van der Waals surface area contributed by atoms with Gasteiger partial charge in [-0.25, -0.2) is 0 Å². The summed E-state index contributed by atoms with van der Waals surface area (Å²) in [7, 11) is 0. The van der Waals surface area contributed by atoms with Gasteiger partial charge in [0.2, 0.25) is 0 Å². The number of aldehydes is 1. The largest absolute Gasteiger partial charge is 0.466 e. The Balaban J connectivity index is 3.12. The number of esters is 1. The monoisotopic (exact) mass is 295 g/mol. The smallest absolute Gasteiger partial charge is 0.310 e. The molecule has 0 unspecified atom stereocenters. The van der Waals surface area contributed by atoms with Gasteiger partial charge in [-0.1, -0.05) is 0 Å². The van der Waals surface area contributed by atoms with Crippen LogP contribution in [0.2, 0.25) is 0 Å². The van der Waals surface area contributed by atoms with Gasteiger partial charge in [-0.3, -0.25) is 9.59 Å². The Morgan fingerprint density at radius 1 is 1.59 bits per heavy atom. The van der Waals surface area contributed by atoms with E-state index in [0.717, 1.165) is 0 Å². The second-order valence-corrected chi connectivity index (χ2v) is 4.10. The number of hydrogen-bond donors (Lipinski definition) is 0. The number of hydrogen-bond acceptors (Lipinski definition) is 4. The van der Waals surface area contributed by atoms with Crippen LogP contribution in [0.5, 0.6) is 0 Å². The van der Waals surface area contributed by atoms with E-state index in [2.05, 4.69) is 15.9 Å². The molecule has 1 aromatic rings. The van der Waals surface area contributed by atoms with Crippen LogP contribution < -0.4 is 0 Å². The van der Waals surface area contributed by atoms with Crippen molar-refractivity contribution in [3.05, 3.63) is 33.3 Å². The molecule has 0 saturated heterocycles. The lowest BCUT2D eigenvalue weighted by Gasteiger charge is -2.06. The lowest BCUT2D eigenvalue weighted by Crippen LogP contribution is -2.09. The van der Waals surface area contributed by atoms with Crippen LogP contribution in [-0.2, 0) is 16.0 Å². The number of rotatable bonds is 4. The van der Waals surface area contributed by atoms with Gasteiger partial charge in [-0.15, -0.1) is 0 Å². The molecule has 0 saturated carbocycles. The van der Waals surface area contributed by atoms with Gasteiger partial charge in [0.1, 0.15) is 12.4 Å². The van der Waals surface area contributed by atoms with Crippen LogP contribution >= 0.6 is 15.9 Å². The Morgan fingerprint density at radius 2 is 2.29 bits per heavy atom. The van der Waals surface area contributed by atoms with E-state index in [-0.39, 0.29) is 13.0 Å². The van der Waals surface area contributed by atoms with Crippen LogP contribution in [0.15, 0.2) is 16.6 Å². The van der Waals surface area contributed by atoms with Crippen LogP contribution in [0.1, 0.15) is 28.4 Å². The first-order valence-corrected chi connectivity index (χ1v) is 5.75. The zero-order valence-electron chi connectivity index (χ0n) is 9.20. The highest BCUT2D eigenvalue weighted by Crippen LogP contribution is 2.22. The quantitative estimate of drug-likeness (QED) is 0.631. The van der Waals surface area contributed by atoms with E-state index in [9.17, 15) is 9.59 Å². The summed E-state index contributed by atoms with van der Waals surface area (Å²) >= 11 is 3.19. The summed E-state index contributed by atoms with van der Waals surface area (Å²) in [6, 6.07) is 5.05. The van der Waals surface area contributed by atoms with E-state index in [4.69, 9.17) is 10.00 Å². The van der Waals surface area contributed by atoms with Crippen molar-refractivity contribution in [2.24, 2.45) is 0 Å². The summed E-state index contributed by atoms with van der Waals surface area (Å²) < 4.78 is 5.31. The van der Waals surface area contributed by atoms with Crippen molar-refractivity contribution < 1.29 is 14.3 Å². The van der Waals surface area contributed by atoms with Gasteiger partial charge in [-0.05, 0) is 40.5 Å². The Bertz CT molecular complexity index is 491. The molecule has 88 valence electrons. The Morgan fingerprint density at radius 3 is 2.82 bits per heavy atom. The van der Waals surface area contributed by atoms with Crippen LogP contribution in [-0.4, -0.2) is 18.9 Å². The summed E-state index contributed by atoms with van der Waals surface area (Å²) in [5.74, 6) is -0.418. The minimum atomic E-state index is -0.418. The molecular formula is C12H10BrNO3. The molecule has 0 aliphatic carbocycles. The van der Waals surface area contributed by atoms with Crippen molar-refractivity contribution in [1.29, 1.82) is 5.26 Å². The molecule has 1 rings (SSSR count). The van der Waals surface area contributed by atoms with Crippen LogP contribution in [0.4, 0.5) is 0 Å². The summed E-state index contributed by atoms with van der Waals surface area (Å²) in [6.07, 6.45) is 0.650. The van der Waals surface area contributed by atoms with Gasteiger partial charge in [0, 0.05) is 10.0 Å². The van der Waals surface area contributed by atoms with Crippen molar-refractivity contribution >= 4 is 28.2 Å². The molecule has 0 spiro atoms. The maximum Gasteiger partial charge on any atom is 0.310 e. The van der Waals surface area contributed by atoms with Crippen molar-refractivity contribution in [2.75, 3.05) is 6.61 Å². The standard InChI is InChI=1S/C12H10BrNO3/c1-2-17-12(16)5-9-3-8(7-15)4-11(13)10(9)6-14/h3-4,7H,2,5H2,1H3. The van der Waals surface area contributed by atoms with Gasteiger partial charge in [-0.2, -0.15) is 5.26 Å². The van der Waals surface area contributed by atoms with Gasteiger partial charge >= 0.3 is 5.97 Å². The third-order valence-corrected chi connectivity index (χ3v) is 2.71. The lowest BCUT2D eigenvalue weighted by molar-refractivity contribution is -0.142. The van der Waals surface area contributed by atoms with E-state index >= 15 is 0 Å². The lowest BCUT2D eigenvalue weighted by atomic mass is 10.0. The summed E-state index contributed by atoms with van der Waals surface area (Å²) in [5, 5.41) is 8.99. The molecule has 0 N–H and O–H groups in total. The molecule has 0 heterocycles. The maximum atomic E-state index is 11.4. The molecule has 0 bridgehead atoms. The molecule has 0 fully saturated rings. The predicted molar refractivity (Wildman–Crippen MR) is 64.6 cm³/mol. The normalized spacial score (nSPS) is 9.47. The topological polar surface area (TPSA) is 67.2 Å². The molecule has 0 amide bonds. The number of ether oxygens (including phenoxy) is 1. The van der Waals surface area contributed by atoms with Crippen molar-refractivity contribution in [2.45, 2.75) is 13.3 Å². The summed E-state index contributed by atoms with van der Waals surface area (Å²) in [5.41, 5.74) is 1.25. The number of benzene rings is 1. The van der Waals surface area contributed by atoms with E-state index in [1.165, 1.54) is 6.07 Å². The molecule has 0 aliphatic heterocycles. The van der Waals surface area contributed by atoms with Gasteiger partial charge in [0.15, 0.2) is 0 Å². The molecule has 4 nitrogen and oxygen atoms in total. The highest BCUT2D eigenvalue weighted by atomic mass is 79.9. The van der Waals surface area contributed by atoms with E-state index in [0.29, 0.717) is 27.4 Å². The van der Waals surface area contributed by atoms with Crippen molar-refractivity contribution in [3.8, 4) is 6.07 Å².